The smallest absolute Gasteiger partial charge is 0.309 e. The maximum atomic E-state index is 11.3. The van der Waals surface area contributed by atoms with Crippen molar-refractivity contribution in [3.8, 4) is 0 Å². The van der Waals surface area contributed by atoms with Gasteiger partial charge in [0.2, 0.25) is 0 Å². The van der Waals surface area contributed by atoms with Gasteiger partial charge in [-0.3, -0.25) is 9.59 Å². The van der Waals surface area contributed by atoms with E-state index in [-0.39, 0.29) is 36.0 Å². The molecule has 6 nitrogen and oxygen atoms in total. The van der Waals surface area contributed by atoms with Crippen molar-refractivity contribution in [1.29, 1.82) is 0 Å². The minimum Gasteiger partial charge on any atom is -0.469 e. The molecule has 0 aromatic heterocycles. The first-order valence-corrected chi connectivity index (χ1v) is 8.53. The monoisotopic (exact) mass is 328 g/mol. The van der Waals surface area contributed by atoms with Gasteiger partial charge in [-0.05, 0) is 44.9 Å². The molecule has 0 N–H and O–H groups in total. The molecule has 3 rings (SSSR count). The van der Waals surface area contributed by atoms with E-state index in [0.29, 0.717) is 6.79 Å². The van der Waals surface area contributed by atoms with E-state index in [1.807, 2.05) is 0 Å². The Labute approximate surface area is 137 Å². The summed E-state index contributed by atoms with van der Waals surface area (Å²) in [5.74, 6) is 0.215. The van der Waals surface area contributed by atoms with Crippen LogP contribution in [0.25, 0.3) is 0 Å². The fraction of sp³-hybridized carbons (Fsp3) is 0.882. The molecule has 132 valence electrons. The number of methoxy groups -OCH3 is 2. The molecule has 0 aromatic carbocycles. The second-order valence-corrected chi connectivity index (χ2v) is 6.50. The molecule has 6 heteroatoms. The summed E-state index contributed by atoms with van der Waals surface area (Å²) < 4.78 is 20.0. The van der Waals surface area contributed by atoms with Crippen molar-refractivity contribution in [3.63, 3.8) is 0 Å². The van der Waals surface area contributed by atoms with Gasteiger partial charge in [-0.1, -0.05) is 6.42 Å². The largest absolute Gasteiger partial charge is 0.469 e. The molecule has 4 atom stereocenters. The molecule has 0 amide bonds. The van der Waals surface area contributed by atoms with Crippen LogP contribution in [0.3, 0.4) is 0 Å². The lowest BCUT2D eigenvalue weighted by molar-refractivity contribution is -0.150. The van der Waals surface area contributed by atoms with E-state index in [4.69, 9.17) is 18.9 Å². The number of carbonyl (C=O) groups excluding carboxylic acids is 2. The Bertz CT molecular complexity index is 397. The third-order valence-electron chi connectivity index (χ3n) is 4.82. The Morgan fingerprint density at radius 2 is 1.91 bits per heavy atom. The number of carbonyl (C=O) groups is 2. The zero-order valence-electron chi connectivity index (χ0n) is 14.1. The van der Waals surface area contributed by atoms with Crippen molar-refractivity contribution in [2.24, 2.45) is 11.8 Å². The minimum atomic E-state index is -0.115. The maximum absolute atomic E-state index is 11.3. The molecule has 0 spiro atoms. The van der Waals surface area contributed by atoms with Gasteiger partial charge in [0.05, 0.1) is 25.0 Å². The highest BCUT2D eigenvalue weighted by atomic mass is 16.7. The van der Waals surface area contributed by atoms with Gasteiger partial charge in [0.25, 0.3) is 0 Å². The lowest BCUT2D eigenvalue weighted by atomic mass is 9.87. The lowest BCUT2D eigenvalue weighted by Crippen LogP contribution is -2.29. The Kier molecular flexibility index (Phi) is 7.30. The van der Waals surface area contributed by atoms with Gasteiger partial charge >= 0.3 is 11.9 Å². The zero-order chi connectivity index (χ0) is 16.7. The Balaban J connectivity index is 0.000000182. The van der Waals surface area contributed by atoms with Gasteiger partial charge in [-0.15, -0.1) is 0 Å². The van der Waals surface area contributed by atoms with Gasteiger partial charge in [0, 0.05) is 7.11 Å². The van der Waals surface area contributed by atoms with Crippen molar-refractivity contribution < 1.29 is 28.5 Å². The van der Waals surface area contributed by atoms with E-state index in [9.17, 15) is 9.59 Å². The van der Waals surface area contributed by atoms with Crippen LogP contribution in [-0.4, -0.2) is 45.2 Å². The Morgan fingerprint density at radius 1 is 1.13 bits per heavy atom. The molecule has 3 aliphatic rings. The Hall–Kier alpha value is -1.14. The summed E-state index contributed by atoms with van der Waals surface area (Å²) in [4.78, 5) is 22.1. The van der Waals surface area contributed by atoms with Gasteiger partial charge < -0.3 is 18.9 Å². The highest BCUT2D eigenvalue weighted by Gasteiger charge is 2.37. The topological polar surface area (TPSA) is 71.1 Å². The normalized spacial score (nSPS) is 32.5. The van der Waals surface area contributed by atoms with E-state index in [1.54, 1.807) is 7.11 Å². The molecular formula is C17H28O6. The molecule has 23 heavy (non-hydrogen) atoms. The van der Waals surface area contributed by atoms with Gasteiger partial charge in [-0.25, -0.2) is 0 Å². The quantitative estimate of drug-likeness (QED) is 0.583. The van der Waals surface area contributed by atoms with Crippen LogP contribution in [0.4, 0.5) is 0 Å². The zero-order valence-corrected chi connectivity index (χ0v) is 14.1. The van der Waals surface area contributed by atoms with E-state index in [2.05, 4.69) is 0 Å². The third kappa shape index (κ3) is 5.46. The second-order valence-electron chi connectivity index (χ2n) is 6.50. The number of fused-ring (bicyclic) bond motifs is 2. The molecule has 1 aliphatic heterocycles. The van der Waals surface area contributed by atoms with Crippen LogP contribution in [0.5, 0.6) is 0 Å². The van der Waals surface area contributed by atoms with Crippen molar-refractivity contribution >= 4 is 11.9 Å². The van der Waals surface area contributed by atoms with E-state index < -0.39 is 0 Å². The first-order valence-electron chi connectivity index (χ1n) is 8.53. The number of ether oxygens (including phenoxy) is 4. The molecule has 2 bridgehead atoms. The fourth-order valence-corrected chi connectivity index (χ4v) is 3.57. The molecule has 2 aliphatic carbocycles. The lowest BCUT2D eigenvalue weighted by Gasteiger charge is -2.27. The van der Waals surface area contributed by atoms with Crippen molar-refractivity contribution in [2.75, 3.05) is 21.0 Å². The van der Waals surface area contributed by atoms with Crippen molar-refractivity contribution in [2.45, 2.75) is 63.6 Å². The van der Waals surface area contributed by atoms with E-state index in [0.717, 1.165) is 44.9 Å². The summed E-state index contributed by atoms with van der Waals surface area (Å²) in [7, 11) is 3.03. The van der Waals surface area contributed by atoms with E-state index >= 15 is 0 Å². The first-order chi connectivity index (χ1) is 11.1. The van der Waals surface area contributed by atoms with Crippen LogP contribution in [0, 0.1) is 11.8 Å². The average molecular weight is 328 g/mol. The highest BCUT2D eigenvalue weighted by Crippen LogP contribution is 2.33. The van der Waals surface area contributed by atoms with Gasteiger partial charge in [-0.2, -0.15) is 0 Å². The fourth-order valence-electron chi connectivity index (χ4n) is 3.57. The molecule has 1 saturated heterocycles. The minimum absolute atomic E-state index is 0.00982. The van der Waals surface area contributed by atoms with Crippen LogP contribution in [0.15, 0.2) is 0 Å². The van der Waals surface area contributed by atoms with Crippen molar-refractivity contribution in [1.82, 2.24) is 0 Å². The van der Waals surface area contributed by atoms with E-state index in [1.165, 1.54) is 13.5 Å². The summed E-state index contributed by atoms with van der Waals surface area (Å²) in [6, 6.07) is 0. The first kappa shape index (κ1) is 18.2. The third-order valence-corrected chi connectivity index (χ3v) is 4.82. The highest BCUT2D eigenvalue weighted by molar-refractivity contribution is 5.74. The van der Waals surface area contributed by atoms with Crippen molar-refractivity contribution in [3.05, 3.63) is 0 Å². The summed E-state index contributed by atoms with van der Waals surface area (Å²) in [6.07, 6.45) is 8.49. The molecule has 4 unspecified atom stereocenters. The van der Waals surface area contributed by atoms with Crippen LogP contribution >= 0.6 is 0 Å². The van der Waals surface area contributed by atoms with Crippen LogP contribution in [0.1, 0.15) is 51.4 Å². The standard InChI is InChI=1S/C10H18O4.C7H10O2/c1-12-7-14-9-5-3-4-8(6-9)10(11)13-2;8-7-5-2-1-3-6(4-5)9-7/h8-9H,3-7H2,1-2H3;5-6H,1-4H2. The summed E-state index contributed by atoms with van der Waals surface area (Å²) in [6.45, 7) is 0.304. The predicted molar refractivity (Wildman–Crippen MR) is 82.6 cm³/mol. The second kappa shape index (κ2) is 9.23. The molecule has 0 aromatic rings. The molecule has 0 radical (unpaired) electrons. The number of esters is 2. The van der Waals surface area contributed by atoms with Crippen LogP contribution < -0.4 is 0 Å². The summed E-state index contributed by atoms with van der Waals surface area (Å²) in [5, 5.41) is 0. The van der Waals surface area contributed by atoms with Gasteiger partial charge in [0.1, 0.15) is 12.9 Å². The molecule has 3 fully saturated rings. The average Bonchev–Trinajstić information content (AvgIpc) is 2.84. The number of hydrogen-bond donors (Lipinski definition) is 0. The maximum Gasteiger partial charge on any atom is 0.309 e. The predicted octanol–water partition coefficient (Wildman–Crippen LogP) is 2.44. The van der Waals surface area contributed by atoms with Crippen LogP contribution in [0.2, 0.25) is 0 Å². The number of hydrogen-bond acceptors (Lipinski definition) is 6. The van der Waals surface area contributed by atoms with Crippen LogP contribution in [-0.2, 0) is 28.5 Å². The summed E-state index contributed by atoms with van der Waals surface area (Å²) in [5.41, 5.74) is 0. The molecular weight excluding hydrogens is 300 g/mol. The molecule has 2 saturated carbocycles. The SMILES string of the molecule is COCOC1CCCC(C(=O)OC)C1.O=C1OC2CCCC1C2. The Morgan fingerprint density at radius 3 is 2.57 bits per heavy atom. The molecule has 1 heterocycles. The summed E-state index contributed by atoms with van der Waals surface area (Å²) >= 11 is 0. The van der Waals surface area contributed by atoms with Gasteiger partial charge in [0.15, 0.2) is 0 Å². The number of rotatable bonds is 4.